The van der Waals surface area contributed by atoms with Crippen LogP contribution in [0.25, 0.3) is 0 Å². The second-order valence-electron chi connectivity index (χ2n) is 3.48. The summed E-state index contributed by atoms with van der Waals surface area (Å²) in [5.74, 6) is 0. The molecule has 2 rings (SSSR count). The van der Waals surface area contributed by atoms with E-state index >= 15 is 0 Å². The summed E-state index contributed by atoms with van der Waals surface area (Å²) in [6.07, 6.45) is 2.54. The molecule has 1 fully saturated rings. The molecule has 0 unspecified atom stereocenters. The number of nitrogens with one attached hydrogen (secondary N) is 2. The average molecular weight is 196 g/mol. The van der Waals surface area contributed by atoms with Crippen molar-refractivity contribution >= 4 is 11.3 Å². The molecule has 0 bridgehead atoms. The molecule has 0 amide bonds. The molecule has 1 aliphatic heterocycles. The van der Waals surface area contributed by atoms with Gasteiger partial charge in [-0.25, -0.2) is 0 Å². The topological polar surface area (TPSA) is 24.1 Å². The van der Waals surface area contributed by atoms with Crippen molar-refractivity contribution in [1.29, 1.82) is 0 Å². The van der Waals surface area contributed by atoms with Gasteiger partial charge in [0.25, 0.3) is 0 Å². The van der Waals surface area contributed by atoms with Crippen LogP contribution in [-0.4, -0.2) is 19.1 Å². The van der Waals surface area contributed by atoms with Crippen LogP contribution in [0.15, 0.2) is 17.5 Å². The largest absolute Gasteiger partial charge is 0.317 e. The quantitative estimate of drug-likeness (QED) is 0.767. The third-order valence-electron chi connectivity index (χ3n) is 2.48. The van der Waals surface area contributed by atoms with Crippen molar-refractivity contribution in [3.05, 3.63) is 22.4 Å². The number of hydrogen-bond donors (Lipinski definition) is 2. The van der Waals surface area contributed by atoms with Gasteiger partial charge in [-0.15, -0.1) is 11.3 Å². The van der Waals surface area contributed by atoms with E-state index in [1.807, 2.05) is 11.3 Å². The lowest BCUT2D eigenvalue weighted by atomic mass is 10.1. The van der Waals surface area contributed by atoms with Gasteiger partial charge in [-0.05, 0) is 37.4 Å². The van der Waals surface area contributed by atoms with Crippen LogP contribution in [-0.2, 0) is 6.54 Å². The van der Waals surface area contributed by atoms with Gasteiger partial charge in [-0.1, -0.05) is 6.07 Å². The lowest BCUT2D eigenvalue weighted by molar-refractivity contribution is 0.387. The lowest BCUT2D eigenvalue weighted by Gasteiger charge is -2.23. The molecular weight excluding hydrogens is 180 g/mol. The van der Waals surface area contributed by atoms with Crippen molar-refractivity contribution in [2.75, 3.05) is 13.1 Å². The van der Waals surface area contributed by atoms with E-state index in [0.717, 1.165) is 12.6 Å². The Morgan fingerprint density at radius 3 is 3.00 bits per heavy atom. The van der Waals surface area contributed by atoms with E-state index in [0.29, 0.717) is 0 Å². The van der Waals surface area contributed by atoms with Gasteiger partial charge >= 0.3 is 0 Å². The first kappa shape index (κ1) is 9.19. The zero-order chi connectivity index (χ0) is 8.93. The molecular formula is C10H16N2S. The molecule has 0 aromatic carbocycles. The second kappa shape index (κ2) is 4.74. The first-order chi connectivity index (χ1) is 6.45. The van der Waals surface area contributed by atoms with E-state index in [1.165, 1.54) is 30.8 Å². The van der Waals surface area contributed by atoms with Gasteiger partial charge in [-0.3, -0.25) is 0 Å². The number of thiophene rings is 1. The maximum Gasteiger partial charge on any atom is 0.0302 e. The van der Waals surface area contributed by atoms with Crippen LogP contribution in [0.1, 0.15) is 17.7 Å². The summed E-state index contributed by atoms with van der Waals surface area (Å²) in [7, 11) is 0. The van der Waals surface area contributed by atoms with E-state index in [1.54, 1.807) is 0 Å². The molecule has 1 aliphatic rings. The molecule has 72 valence electrons. The van der Waals surface area contributed by atoms with Crippen LogP contribution in [0, 0.1) is 0 Å². The number of rotatable bonds is 3. The molecule has 13 heavy (non-hydrogen) atoms. The lowest BCUT2D eigenvalue weighted by Crippen LogP contribution is -2.39. The highest BCUT2D eigenvalue weighted by atomic mass is 32.1. The monoisotopic (exact) mass is 196 g/mol. The molecule has 0 radical (unpaired) electrons. The summed E-state index contributed by atoms with van der Waals surface area (Å²) in [5.41, 5.74) is 0. The first-order valence-electron chi connectivity index (χ1n) is 4.91. The fourth-order valence-electron chi connectivity index (χ4n) is 1.68. The molecule has 2 heterocycles. The molecule has 0 atom stereocenters. The van der Waals surface area contributed by atoms with E-state index in [4.69, 9.17) is 0 Å². The summed E-state index contributed by atoms with van der Waals surface area (Å²) < 4.78 is 0. The Morgan fingerprint density at radius 2 is 2.31 bits per heavy atom. The summed E-state index contributed by atoms with van der Waals surface area (Å²) in [5, 5.41) is 9.10. The maximum atomic E-state index is 3.59. The Bertz CT molecular complexity index is 227. The fraction of sp³-hybridized carbons (Fsp3) is 0.600. The molecule has 2 nitrogen and oxygen atoms in total. The molecule has 1 aromatic rings. The van der Waals surface area contributed by atoms with Gasteiger partial charge in [0.15, 0.2) is 0 Å². The van der Waals surface area contributed by atoms with Crippen LogP contribution in [0.4, 0.5) is 0 Å². The van der Waals surface area contributed by atoms with Crippen molar-refractivity contribution in [2.24, 2.45) is 0 Å². The summed E-state index contributed by atoms with van der Waals surface area (Å²) >= 11 is 1.83. The highest BCUT2D eigenvalue weighted by Crippen LogP contribution is 2.09. The molecule has 1 saturated heterocycles. The predicted octanol–water partition coefficient (Wildman–Crippen LogP) is 1.59. The number of piperidine rings is 1. The third-order valence-corrected chi connectivity index (χ3v) is 3.36. The predicted molar refractivity (Wildman–Crippen MR) is 57.1 cm³/mol. The molecule has 1 aromatic heterocycles. The Morgan fingerprint density at radius 1 is 1.46 bits per heavy atom. The normalized spacial score (nSPS) is 19.1. The summed E-state index contributed by atoms with van der Waals surface area (Å²) in [4.78, 5) is 1.44. The van der Waals surface area contributed by atoms with Gasteiger partial charge < -0.3 is 10.6 Å². The van der Waals surface area contributed by atoms with Crippen molar-refractivity contribution < 1.29 is 0 Å². The van der Waals surface area contributed by atoms with Crippen LogP contribution >= 0.6 is 11.3 Å². The van der Waals surface area contributed by atoms with Gasteiger partial charge in [-0.2, -0.15) is 0 Å². The molecule has 3 heteroatoms. The van der Waals surface area contributed by atoms with Gasteiger partial charge in [0.1, 0.15) is 0 Å². The zero-order valence-corrected chi connectivity index (χ0v) is 8.57. The molecule has 0 spiro atoms. The minimum Gasteiger partial charge on any atom is -0.317 e. The summed E-state index contributed by atoms with van der Waals surface area (Å²) in [6.45, 7) is 3.38. The fourth-order valence-corrected chi connectivity index (χ4v) is 2.34. The van der Waals surface area contributed by atoms with E-state index < -0.39 is 0 Å². The average Bonchev–Trinajstić information content (AvgIpc) is 2.69. The Labute approximate surface area is 83.4 Å². The molecule has 2 N–H and O–H groups in total. The Hall–Kier alpha value is -0.380. The van der Waals surface area contributed by atoms with Crippen LogP contribution < -0.4 is 10.6 Å². The Kier molecular flexibility index (Phi) is 3.35. The minimum atomic E-state index is 0.725. The highest BCUT2D eigenvalue weighted by Gasteiger charge is 2.11. The van der Waals surface area contributed by atoms with E-state index in [-0.39, 0.29) is 0 Å². The smallest absolute Gasteiger partial charge is 0.0302 e. The maximum absolute atomic E-state index is 3.59. The summed E-state index contributed by atoms with van der Waals surface area (Å²) in [6, 6.07) is 5.03. The van der Waals surface area contributed by atoms with E-state index in [2.05, 4.69) is 28.1 Å². The SMILES string of the molecule is c1csc(CNC2CCNCC2)c1. The van der Waals surface area contributed by atoms with Crippen LogP contribution in [0.2, 0.25) is 0 Å². The van der Waals surface area contributed by atoms with Crippen molar-refractivity contribution in [2.45, 2.75) is 25.4 Å². The van der Waals surface area contributed by atoms with Gasteiger partial charge in [0, 0.05) is 17.5 Å². The zero-order valence-electron chi connectivity index (χ0n) is 7.75. The van der Waals surface area contributed by atoms with Crippen LogP contribution in [0.5, 0.6) is 0 Å². The van der Waals surface area contributed by atoms with Gasteiger partial charge in [0.05, 0.1) is 0 Å². The second-order valence-corrected chi connectivity index (χ2v) is 4.52. The van der Waals surface area contributed by atoms with Crippen LogP contribution in [0.3, 0.4) is 0 Å². The first-order valence-corrected chi connectivity index (χ1v) is 5.79. The Balaban J connectivity index is 1.72. The minimum absolute atomic E-state index is 0.725. The van der Waals surface area contributed by atoms with Crippen molar-refractivity contribution in [1.82, 2.24) is 10.6 Å². The molecule has 0 saturated carbocycles. The standard InChI is InChI=1S/C10H16N2S/c1-2-10(13-7-1)8-12-9-3-5-11-6-4-9/h1-2,7,9,11-12H,3-6,8H2. The third kappa shape index (κ3) is 2.79. The van der Waals surface area contributed by atoms with E-state index in [9.17, 15) is 0 Å². The van der Waals surface area contributed by atoms with Crippen molar-refractivity contribution in [3.63, 3.8) is 0 Å². The van der Waals surface area contributed by atoms with Gasteiger partial charge in [0.2, 0.25) is 0 Å². The van der Waals surface area contributed by atoms with Crippen molar-refractivity contribution in [3.8, 4) is 0 Å². The number of hydrogen-bond acceptors (Lipinski definition) is 3. The molecule has 0 aliphatic carbocycles. The highest BCUT2D eigenvalue weighted by molar-refractivity contribution is 7.09.